The van der Waals surface area contributed by atoms with Crippen LogP contribution in [0.2, 0.25) is 0 Å². The second kappa shape index (κ2) is 10.6. The Balaban J connectivity index is 1.64. The van der Waals surface area contributed by atoms with E-state index in [1.165, 1.54) is 58.1 Å². The second-order valence-corrected chi connectivity index (χ2v) is 9.94. The van der Waals surface area contributed by atoms with Crippen molar-refractivity contribution in [1.82, 2.24) is 19.8 Å². The van der Waals surface area contributed by atoms with Gasteiger partial charge < -0.3 is 9.64 Å². The average Bonchev–Trinajstić information content (AvgIpc) is 3.47. The van der Waals surface area contributed by atoms with Crippen molar-refractivity contribution in [3.63, 3.8) is 0 Å². The summed E-state index contributed by atoms with van der Waals surface area (Å²) in [4.78, 5) is 3.80. The lowest BCUT2D eigenvalue weighted by Gasteiger charge is -2.21. The minimum Gasteiger partial charge on any atom is -0.380 e. The van der Waals surface area contributed by atoms with Gasteiger partial charge in [-0.25, -0.2) is 4.52 Å². The molecule has 0 bridgehead atoms. The number of aromatic amines is 1. The molecule has 7 heteroatoms. The van der Waals surface area contributed by atoms with Gasteiger partial charge in [0.2, 0.25) is 0 Å². The molecule has 0 fully saturated rings. The molecule has 1 aromatic carbocycles. The highest BCUT2D eigenvalue weighted by molar-refractivity contribution is 8.03. The van der Waals surface area contributed by atoms with Crippen LogP contribution in [0.1, 0.15) is 75.0 Å². The molecule has 1 aliphatic heterocycles. The molecular formula is C26H35N5OS. The van der Waals surface area contributed by atoms with Crippen molar-refractivity contribution in [3.05, 3.63) is 58.5 Å². The average molecular weight is 466 g/mol. The largest absolute Gasteiger partial charge is 0.380 e. The van der Waals surface area contributed by atoms with Crippen LogP contribution in [0.4, 0.5) is 5.69 Å². The predicted molar refractivity (Wildman–Crippen MR) is 138 cm³/mol. The number of H-pyrrole nitrogens is 1. The van der Waals surface area contributed by atoms with Crippen molar-refractivity contribution < 1.29 is 4.74 Å². The molecule has 0 saturated carbocycles. The van der Waals surface area contributed by atoms with Gasteiger partial charge in [-0.1, -0.05) is 64.4 Å². The zero-order valence-corrected chi connectivity index (χ0v) is 21.0. The molecule has 0 radical (unpaired) electrons. The van der Waals surface area contributed by atoms with Gasteiger partial charge in [0, 0.05) is 29.8 Å². The number of benzene rings is 1. The topological polar surface area (TPSA) is 58.5 Å². The van der Waals surface area contributed by atoms with Gasteiger partial charge in [-0.05, 0) is 48.6 Å². The monoisotopic (exact) mass is 465 g/mol. The molecule has 4 rings (SSSR count). The highest BCUT2D eigenvalue weighted by atomic mass is 32.2. The molecule has 1 N–H and O–H groups in total. The number of allylic oxidation sites excluding steroid dienone is 1. The molecule has 0 spiro atoms. The maximum atomic E-state index is 5.35. The number of anilines is 1. The Morgan fingerprint density at radius 2 is 2.06 bits per heavy atom. The fraction of sp³-hybridized carbons (Fsp3) is 0.462. The first-order valence-corrected chi connectivity index (χ1v) is 12.7. The van der Waals surface area contributed by atoms with Crippen molar-refractivity contribution in [2.45, 2.75) is 70.3 Å². The summed E-state index contributed by atoms with van der Waals surface area (Å²) in [6, 6.07) is 6.71. The van der Waals surface area contributed by atoms with Crippen LogP contribution in [0, 0.1) is 0 Å². The summed E-state index contributed by atoms with van der Waals surface area (Å²) in [6.07, 6.45) is 9.91. The van der Waals surface area contributed by atoms with Crippen LogP contribution in [0.5, 0.6) is 0 Å². The van der Waals surface area contributed by atoms with E-state index in [0.29, 0.717) is 12.5 Å². The number of aromatic nitrogens is 4. The third kappa shape index (κ3) is 4.89. The second-order valence-electron chi connectivity index (χ2n) is 8.88. The Morgan fingerprint density at radius 1 is 1.21 bits per heavy atom. The highest BCUT2D eigenvalue weighted by Crippen LogP contribution is 2.46. The maximum absolute atomic E-state index is 5.35. The minimum atomic E-state index is 0.368. The number of thioether (sulfide) groups is 1. The molecule has 0 atom stereocenters. The van der Waals surface area contributed by atoms with E-state index >= 15 is 0 Å². The summed E-state index contributed by atoms with van der Waals surface area (Å²) in [5.74, 6) is 1.12. The maximum Gasteiger partial charge on any atom is 0.181 e. The number of nitrogens with one attached hydrogen (secondary N) is 1. The van der Waals surface area contributed by atoms with E-state index in [1.54, 1.807) is 13.2 Å². The summed E-state index contributed by atoms with van der Waals surface area (Å²) in [7, 11) is 1.75. The Bertz CT molecular complexity index is 1140. The van der Waals surface area contributed by atoms with E-state index in [9.17, 15) is 0 Å². The van der Waals surface area contributed by atoms with Gasteiger partial charge in [0.15, 0.2) is 11.5 Å². The zero-order valence-electron chi connectivity index (χ0n) is 20.2. The van der Waals surface area contributed by atoms with Crippen LogP contribution in [-0.4, -0.2) is 33.5 Å². The summed E-state index contributed by atoms with van der Waals surface area (Å²) < 4.78 is 7.30. The van der Waals surface area contributed by atoms with E-state index < -0.39 is 0 Å². The van der Waals surface area contributed by atoms with E-state index in [0.717, 1.165) is 24.4 Å². The summed E-state index contributed by atoms with van der Waals surface area (Å²) in [5, 5.41) is 13.5. The predicted octanol–water partition coefficient (Wildman–Crippen LogP) is 6.55. The number of fused-ring (bicyclic) bond motifs is 2. The lowest BCUT2D eigenvalue weighted by atomic mass is 10.0. The van der Waals surface area contributed by atoms with Crippen molar-refractivity contribution in [1.29, 1.82) is 0 Å². The number of unbranched alkanes of at least 4 members (excludes halogenated alkanes) is 3. The summed E-state index contributed by atoms with van der Waals surface area (Å²) in [6.45, 7) is 12.2. The number of hydrogen-bond donors (Lipinski definition) is 1. The van der Waals surface area contributed by atoms with Gasteiger partial charge in [-0.2, -0.15) is 0 Å². The Kier molecular flexibility index (Phi) is 7.60. The smallest absolute Gasteiger partial charge is 0.181 e. The molecule has 3 aromatic rings. The summed E-state index contributed by atoms with van der Waals surface area (Å²) in [5.41, 5.74) is 5.83. The van der Waals surface area contributed by atoms with Crippen molar-refractivity contribution in [2.75, 3.05) is 18.6 Å². The highest BCUT2D eigenvalue weighted by Gasteiger charge is 2.26. The number of ether oxygens (including phenoxy) is 1. The molecule has 3 heterocycles. The molecule has 0 unspecified atom stereocenters. The Hall–Kier alpha value is -2.51. The third-order valence-corrected chi connectivity index (χ3v) is 7.24. The Labute approximate surface area is 201 Å². The van der Waals surface area contributed by atoms with Crippen molar-refractivity contribution in [2.24, 2.45) is 0 Å². The number of nitrogens with zero attached hydrogens (tertiary/aromatic N) is 4. The first-order valence-electron chi connectivity index (χ1n) is 11.9. The molecule has 1 aliphatic rings. The van der Waals surface area contributed by atoms with Crippen LogP contribution < -0.4 is 4.90 Å². The fourth-order valence-corrected chi connectivity index (χ4v) is 5.58. The van der Waals surface area contributed by atoms with Crippen LogP contribution in [0.15, 0.2) is 40.8 Å². The minimum absolute atomic E-state index is 0.368. The molecule has 0 aliphatic carbocycles. The molecule has 0 amide bonds. The normalized spacial score (nSPS) is 14.7. The van der Waals surface area contributed by atoms with Crippen LogP contribution in [0.3, 0.4) is 0 Å². The quantitative estimate of drug-likeness (QED) is 0.326. The van der Waals surface area contributed by atoms with Gasteiger partial charge in [-0.3, -0.25) is 5.10 Å². The Morgan fingerprint density at radius 3 is 2.79 bits per heavy atom. The number of rotatable bonds is 11. The molecular weight excluding hydrogens is 430 g/mol. The van der Waals surface area contributed by atoms with Crippen molar-refractivity contribution >= 4 is 29.2 Å². The lowest BCUT2D eigenvalue weighted by Crippen LogP contribution is -2.19. The van der Waals surface area contributed by atoms with Crippen molar-refractivity contribution in [3.8, 4) is 0 Å². The SMILES string of the molecule is C=Cc1nnc2c(CC=C3Sc4cc(COC)ccc4N3CCCCCC)c(C(C)C)[nH]n12. The standard InChI is InChI=1S/C26H35N5OS/c1-6-8-9-10-15-30-21-13-11-19(17-32-5)16-22(21)33-24(30)14-12-20-25(18(3)4)29-31-23(7-2)27-28-26(20)31/h7,11,13-14,16,18,29H,2,6,8-10,12,15,17H2,1,3-5H3. The zero-order chi connectivity index (χ0) is 23.4. The van der Waals surface area contributed by atoms with Gasteiger partial charge in [-0.15, -0.1) is 10.2 Å². The molecule has 0 saturated heterocycles. The fourth-order valence-electron chi connectivity index (χ4n) is 4.40. The van der Waals surface area contributed by atoms with Crippen LogP contribution in [0.25, 0.3) is 11.7 Å². The molecule has 176 valence electrons. The van der Waals surface area contributed by atoms with Crippen LogP contribution in [-0.2, 0) is 17.8 Å². The molecule has 6 nitrogen and oxygen atoms in total. The first-order chi connectivity index (χ1) is 16.1. The van der Waals surface area contributed by atoms with Crippen LogP contribution >= 0.6 is 11.8 Å². The third-order valence-electron chi connectivity index (χ3n) is 6.10. The molecule has 2 aromatic heterocycles. The van der Waals surface area contributed by atoms with E-state index in [1.807, 2.05) is 16.3 Å². The van der Waals surface area contributed by atoms with Gasteiger partial charge in [0.1, 0.15) is 0 Å². The van der Waals surface area contributed by atoms with E-state index in [2.05, 4.69) is 71.8 Å². The first kappa shape index (κ1) is 23.6. The van der Waals surface area contributed by atoms with Gasteiger partial charge >= 0.3 is 0 Å². The number of methoxy groups -OCH3 is 1. The van der Waals surface area contributed by atoms with E-state index in [-0.39, 0.29) is 0 Å². The van der Waals surface area contributed by atoms with Gasteiger partial charge in [0.25, 0.3) is 0 Å². The molecule has 33 heavy (non-hydrogen) atoms. The lowest BCUT2D eigenvalue weighted by molar-refractivity contribution is 0.185. The summed E-state index contributed by atoms with van der Waals surface area (Å²) >= 11 is 1.86. The van der Waals surface area contributed by atoms with Gasteiger partial charge in [0.05, 0.1) is 17.3 Å². The number of hydrogen-bond acceptors (Lipinski definition) is 5. The van der Waals surface area contributed by atoms with E-state index in [4.69, 9.17) is 4.74 Å².